The first-order chi connectivity index (χ1) is 10.2. The largest absolute Gasteiger partial charge is 0.381 e. The quantitative estimate of drug-likeness (QED) is 0.701. The molecule has 1 aliphatic carbocycles. The van der Waals surface area contributed by atoms with Gasteiger partial charge in [0.05, 0.1) is 6.10 Å². The van der Waals surface area contributed by atoms with Crippen LogP contribution in [0.15, 0.2) is 46.9 Å². The monoisotopic (exact) mass is 340 g/mol. The number of hydrogen-bond acceptors (Lipinski definition) is 1. The van der Waals surface area contributed by atoms with Crippen molar-refractivity contribution in [3.05, 3.63) is 69.2 Å². The Balaban J connectivity index is 1.82. The van der Waals surface area contributed by atoms with Crippen LogP contribution < -0.4 is 0 Å². The number of benzene rings is 2. The minimum absolute atomic E-state index is 0.371. The van der Waals surface area contributed by atoms with Gasteiger partial charge in [0.15, 0.2) is 0 Å². The van der Waals surface area contributed by atoms with E-state index in [2.05, 4.69) is 46.0 Å². The molecule has 0 bridgehead atoms. The van der Waals surface area contributed by atoms with Crippen LogP contribution in [0.2, 0.25) is 0 Å². The standard InChI is InChI=1S/C19H17BrO/c1-21-19-10-9-16-11-15(7-8-17(16)13-19)6-5-14-3-2-4-18(20)12-14/h2-4,7-8,11-12,19H,9-10,13H2,1H3. The van der Waals surface area contributed by atoms with Crippen LogP contribution in [-0.2, 0) is 17.6 Å². The summed E-state index contributed by atoms with van der Waals surface area (Å²) in [5, 5.41) is 0. The summed E-state index contributed by atoms with van der Waals surface area (Å²) in [7, 11) is 1.80. The Kier molecular flexibility index (Phi) is 4.43. The lowest BCUT2D eigenvalue weighted by Gasteiger charge is -2.23. The molecule has 1 aliphatic rings. The molecular formula is C19H17BrO. The molecule has 0 fully saturated rings. The number of aryl methyl sites for hydroxylation is 1. The van der Waals surface area contributed by atoms with E-state index in [-0.39, 0.29) is 0 Å². The second kappa shape index (κ2) is 6.47. The molecule has 0 saturated heterocycles. The van der Waals surface area contributed by atoms with E-state index in [0.29, 0.717) is 6.10 Å². The first-order valence-corrected chi connectivity index (χ1v) is 7.96. The molecule has 0 N–H and O–H groups in total. The van der Waals surface area contributed by atoms with Gasteiger partial charge in [0.1, 0.15) is 0 Å². The lowest BCUT2D eigenvalue weighted by atomic mass is 9.88. The molecule has 0 saturated carbocycles. The Morgan fingerprint density at radius 2 is 1.86 bits per heavy atom. The molecule has 0 heterocycles. The summed E-state index contributed by atoms with van der Waals surface area (Å²) >= 11 is 3.47. The number of halogens is 1. The smallest absolute Gasteiger partial charge is 0.0614 e. The van der Waals surface area contributed by atoms with Gasteiger partial charge in [0.25, 0.3) is 0 Å². The van der Waals surface area contributed by atoms with Gasteiger partial charge in [-0.3, -0.25) is 0 Å². The van der Waals surface area contributed by atoms with Crippen molar-refractivity contribution >= 4 is 15.9 Å². The van der Waals surface area contributed by atoms with E-state index in [1.807, 2.05) is 24.3 Å². The lowest BCUT2D eigenvalue weighted by molar-refractivity contribution is 0.0911. The van der Waals surface area contributed by atoms with Gasteiger partial charge in [-0.2, -0.15) is 0 Å². The average molecular weight is 341 g/mol. The zero-order valence-corrected chi connectivity index (χ0v) is 13.6. The molecule has 0 radical (unpaired) electrons. The molecule has 1 nitrogen and oxygen atoms in total. The van der Waals surface area contributed by atoms with Crippen LogP contribution in [0.3, 0.4) is 0 Å². The van der Waals surface area contributed by atoms with Crippen molar-refractivity contribution in [2.24, 2.45) is 0 Å². The van der Waals surface area contributed by atoms with Crippen molar-refractivity contribution in [3.8, 4) is 11.8 Å². The Hall–Kier alpha value is -1.56. The number of methoxy groups -OCH3 is 1. The summed E-state index contributed by atoms with van der Waals surface area (Å²) in [6.45, 7) is 0. The van der Waals surface area contributed by atoms with E-state index in [1.165, 1.54) is 11.1 Å². The molecule has 0 aliphatic heterocycles. The van der Waals surface area contributed by atoms with Crippen molar-refractivity contribution in [2.75, 3.05) is 7.11 Å². The SMILES string of the molecule is COC1CCc2cc(C#Cc3cccc(Br)c3)ccc2C1. The highest BCUT2D eigenvalue weighted by atomic mass is 79.9. The molecule has 0 amide bonds. The van der Waals surface area contributed by atoms with Gasteiger partial charge in [-0.25, -0.2) is 0 Å². The normalized spacial score (nSPS) is 16.8. The minimum atomic E-state index is 0.371. The maximum absolute atomic E-state index is 5.46. The van der Waals surface area contributed by atoms with Gasteiger partial charge in [0, 0.05) is 22.7 Å². The van der Waals surface area contributed by atoms with Crippen LogP contribution in [0.25, 0.3) is 0 Å². The molecule has 1 unspecified atom stereocenters. The molecule has 0 spiro atoms. The summed E-state index contributed by atoms with van der Waals surface area (Å²) in [5.41, 5.74) is 4.94. The van der Waals surface area contributed by atoms with Crippen LogP contribution >= 0.6 is 15.9 Å². The summed E-state index contributed by atoms with van der Waals surface area (Å²) in [6.07, 6.45) is 3.58. The minimum Gasteiger partial charge on any atom is -0.381 e. The van der Waals surface area contributed by atoms with Crippen molar-refractivity contribution in [1.29, 1.82) is 0 Å². The number of ether oxygens (including phenoxy) is 1. The molecule has 106 valence electrons. The molecule has 0 aromatic heterocycles. The summed E-state index contributed by atoms with van der Waals surface area (Å²) in [5.74, 6) is 6.49. The van der Waals surface area contributed by atoms with E-state index in [9.17, 15) is 0 Å². The Morgan fingerprint density at radius 1 is 1.05 bits per heavy atom. The Bertz CT molecular complexity index is 709. The van der Waals surface area contributed by atoms with Gasteiger partial charge in [0.2, 0.25) is 0 Å². The summed E-state index contributed by atoms with van der Waals surface area (Å²) in [4.78, 5) is 0. The van der Waals surface area contributed by atoms with Crippen molar-refractivity contribution in [1.82, 2.24) is 0 Å². The predicted octanol–water partition coefficient (Wildman–Crippen LogP) is 4.35. The van der Waals surface area contributed by atoms with E-state index in [0.717, 1.165) is 34.9 Å². The van der Waals surface area contributed by atoms with E-state index in [4.69, 9.17) is 4.74 Å². The fourth-order valence-corrected chi connectivity index (χ4v) is 3.11. The van der Waals surface area contributed by atoms with Gasteiger partial charge in [-0.15, -0.1) is 0 Å². The number of rotatable bonds is 1. The highest BCUT2D eigenvalue weighted by Gasteiger charge is 2.17. The highest BCUT2D eigenvalue weighted by Crippen LogP contribution is 2.23. The topological polar surface area (TPSA) is 9.23 Å². The van der Waals surface area contributed by atoms with E-state index in [1.54, 1.807) is 7.11 Å². The zero-order valence-electron chi connectivity index (χ0n) is 12.0. The summed E-state index contributed by atoms with van der Waals surface area (Å²) < 4.78 is 6.52. The predicted molar refractivity (Wildman–Crippen MR) is 89.4 cm³/mol. The fourth-order valence-electron chi connectivity index (χ4n) is 2.71. The average Bonchev–Trinajstić information content (AvgIpc) is 2.52. The molecule has 2 heteroatoms. The van der Waals surface area contributed by atoms with Crippen molar-refractivity contribution in [3.63, 3.8) is 0 Å². The van der Waals surface area contributed by atoms with Crippen LogP contribution in [-0.4, -0.2) is 13.2 Å². The second-order valence-electron chi connectivity index (χ2n) is 5.34. The first-order valence-electron chi connectivity index (χ1n) is 7.17. The zero-order chi connectivity index (χ0) is 14.7. The molecule has 2 aromatic rings. The molecule has 21 heavy (non-hydrogen) atoms. The van der Waals surface area contributed by atoms with E-state index < -0.39 is 0 Å². The van der Waals surface area contributed by atoms with Crippen LogP contribution in [0.1, 0.15) is 28.7 Å². The van der Waals surface area contributed by atoms with Gasteiger partial charge >= 0.3 is 0 Å². The number of hydrogen-bond donors (Lipinski definition) is 0. The summed E-state index contributed by atoms with van der Waals surface area (Å²) in [6, 6.07) is 14.6. The Labute approximate surface area is 134 Å². The fraction of sp³-hybridized carbons (Fsp3) is 0.263. The van der Waals surface area contributed by atoms with Crippen molar-refractivity contribution in [2.45, 2.75) is 25.4 Å². The van der Waals surface area contributed by atoms with Crippen LogP contribution in [0, 0.1) is 11.8 Å². The molecule has 2 aromatic carbocycles. The molecule has 1 atom stereocenters. The third-order valence-corrected chi connectivity index (χ3v) is 4.39. The van der Waals surface area contributed by atoms with Gasteiger partial charge in [-0.1, -0.05) is 39.9 Å². The molecular weight excluding hydrogens is 324 g/mol. The van der Waals surface area contributed by atoms with Crippen LogP contribution in [0.5, 0.6) is 0 Å². The molecule has 3 rings (SSSR count). The maximum Gasteiger partial charge on any atom is 0.0614 e. The van der Waals surface area contributed by atoms with Crippen molar-refractivity contribution < 1.29 is 4.74 Å². The van der Waals surface area contributed by atoms with Crippen LogP contribution in [0.4, 0.5) is 0 Å². The van der Waals surface area contributed by atoms with E-state index >= 15 is 0 Å². The maximum atomic E-state index is 5.46. The Morgan fingerprint density at radius 3 is 2.62 bits per heavy atom. The second-order valence-corrected chi connectivity index (χ2v) is 6.26. The van der Waals surface area contributed by atoms with Gasteiger partial charge < -0.3 is 4.74 Å². The number of fused-ring (bicyclic) bond motifs is 1. The lowest BCUT2D eigenvalue weighted by Crippen LogP contribution is -2.21. The highest BCUT2D eigenvalue weighted by molar-refractivity contribution is 9.10. The van der Waals surface area contributed by atoms with Gasteiger partial charge in [-0.05, 0) is 60.7 Å². The third-order valence-electron chi connectivity index (χ3n) is 3.90. The third kappa shape index (κ3) is 3.56. The first kappa shape index (κ1) is 14.4.